The first-order valence-corrected chi connectivity index (χ1v) is 5.44. The molecule has 0 saturated heterocycles. The van der Waals surface area contributed by atoms with Gasteiger partial charge in [-0.25, -0.2) is 13.1 Å². The van der Waals surface area contributed by atoms with E-state index in [1.54, 1.807) is 6.92 Å². The van der Waals surface area contributed by atoms with Crippen molar-refractivity contribution in [1.29, 1.82) is 0 Å². The minimum absolute atomic E-state index is 0.111. The Bertz CT molecular complexity index is 235. The number of nitrogens with one attached hydrogen (secondary N) is 1. The van der Waals surface area contributed by atoms with E-state index in [2.05, 4.69) is 4.72 Å². The zero-order valence-electron chi connectivity index (χ0n) is 6.58. The molecule has 0 amide bonds. The van der Waals surface area contributed by atoms with Gasteiger partial charge < -0.3 is 0 Å². The smallest absolute Gasteiger partial charge is 0.211 e. The summed E-state index contributed by atoms with van der Waals surface area (Å²) in [5, 5.41) is 0. The fourth-order valence-corrected chi connectivity index (χ4v) is 1.92. The lowest BCUT2D eigenvalue weighted by atomic mass is 10.3. The van der Waals surface area contributed by atoms with Gasteiger partial charge in [0.05, 0.1) is 5.75 Å². The SMILES string of the molecule is CCS(=O)(=O)NC1CC=CC1. The van der Waals surface area contributed by atoms with Gasteiger partial charge in [-0.3, -0.25) is 0 Å². The Hall–Kier alpha value is -0.350. The average molecular weight is 175 g/mol. The molecule has 64 valence electrons. The van der Waals surface area contributed by atoms with Crippen LogP contribution >= 0.6 is 0 Å². The molecule has 0 spiro atoms. The van der Waals surface area contributed by atoms with Gasteiger partial charge in [0.15, 0.2) is 0 Å². The molecule has 0 heterocycles. The zero-order valence-corrected chi connectivity index (χ0v) is 7.39. The molecule has 1 aliphatic carbocycles. The summed E-state index contributed by atoms with van der Waals surface area (Å²) in [6.07, 6.45) is 5.67. The summed E-state index contributed by atoms with van der Waals surface area (Å²) in [7, 11) is -2.99. The first-order valence-electron chi connectivity index (χ1n) is 3.79. The van der Waals surface area contributed by atoms with Gasteiger partial charge in [-0.2, -0.15) is 0 Å². The highest BCUT2D eigenvalue weighted by atomic mass is 32.2. The molecule has 4 heteroatoms. The van der Waals surface area contributed by atoms with Gasteiger partial charge >= 0.3 is 0 Å². The second kappa shape index (κ2) is 3.36. The molecule has 1 aliphatic rings. The van der Waals surface area contributed by atoms with Crippen molar-refractivity contribution >= 4 is 10.0 Å². The molecule has 0 saturated carbocycles. The largest absolute Gasteiger partial charge is 0.212 e. The van der Waals surface area contributed by atoms with Gasteiger partial charge in [-0.05, 0) is 19.8 Å². The molecule has 1 N–H and O–H groups in total. The third-order valence-electron chi connectivity index (χ3n) is 1.73. The van der Waals surface area contributed by atoms with E-state index in [0.717, 1.165) is 12.8 Å². The summed E-state index contributed by atoms with van der Waals surface area (Å²) >= 11 is 0. The monoisotopic (exact) mass is 175 g/mol. The van der Waals surface area contributed by atoms with Crippen molar-refractivity contribution in [3.8, 4) is 0 Å². The van der Waals surface area contributed by atoms with Crippen molar-refractivity contribution in [2.45, 2.75) is 25.8 Å². The van der Waals surface area contributed by atoms with Crippen LogP contribution in [-0.4, -0.2) is 20.2 Å². The minimum atomic E-state index is -2.99. The van der Waals surface area contributed by atoms with E-state index in [4.69, 9.17) is 0 Å². The lowest BCUT2D eigenvalue weighted by molar-refractivity contribution is 0.559. The first-order chi connectivity index (χ1) is 5.14. The van der Waals surface area contributed by atoms with Crippen LogP contribution < -0.4 is 4.72 Å². The normalized spacial score (nSPS) is 19.4. The molecule has 0 aromatic rings. The molecule has 0 radical (unpaired) electrons. The van der Waals surface area contributed by atoms with Gasteiger partial charge in [0.1, 0.15) is 0 Å². The highest BCUT2D eigenvalue weighted by Crippen LogP contribution is 2.09. The van der Waals surface area contributed by atoms with E-state index >= 15 is 0 Å². The van der Waals surface area contributed by atoms with Gasteiger partial charge in [0.2, 0.25) is 10.0 Å². The predicted octanol–water partition coefficient (Wildman–Crippen LogP) is 0.644. The van der Waals surface area contributed by atoms with Gasteiger partial charge in [-0.1, -0.05) is 12.2 Å². The van der Waals surface area contributed by atoms with Crippen LogP contribution in [0.5, 0.6) is 0 Å². The van der Waals surface area contributed by atoms with Crippen molar-refractivity contribution in [3.05, 3.63) is 12.2 Å². The van der Waals surface area contributed by atoms with Gasteiger partial charge in [0, 0.05) is 6.04 Å². The van der Waals surface area contributed by atoms with Gasteiger partial charge in [-0.15, -0.1) is 0 Å². The summed E-state index contributed by atoms with van der Waals surface area (Å²) in [6, 6.07) is 0.111. The van der Waals surface area contributed by atoms with Crippen LogP contribution in [0.3, 0.4) is 0 Å². The third kappa shape index (κ3) is 2.63. The highest BCUT2D eigenvalue weighted by molar-refractivity contribution is 7.89. The molecule has 0 fully saturated rings. The summed E-state index contributed by atoms with van der Waals surface area (Å²) < 4.78 is 24.6. The molecule has 0 bridgehead atoms. The summed E-state index contributed by atoms with van der Waals surface area (Å²) in [5.74, 6) is 0.170. The minimum Gasteiger partial charge on any atom is -0.212 e. The van der Waals surface area contributed by atoms with E-state index in [9.17, 15) is 8.42 Å². The quantitative estimate of drug-likeness (QED) is 0.640. The van der Waals surface area contributed by atoms with E-state index in [1.807, 2.05) is 12.2 Å². The van der Waals surface area contributed by atoms with Crippen molar-refractivity contribution in [1.82, 2.24) is 4.72 Å². The van der Waals surface area contributed by atoms with E-state index < -0.39 is 10.0 Å². The first kappa shape index (κ1) is 8.74. The Kier molecular flexibility index (Phi) is 2.67. The Morgan fingerprint density at radius 3 is 2.45 bits per heavy atom. The van der Waals surface area contributed by atoms with Crippen molar-refractivity contribution < 1.29 is 8.42 Å². The van der Waals surface area contributed by atoms with E-state index in [1.165, 1.54) is 0 Å². The zero-order chi connectivity index (χ0) is 8.32. The lowest BCUT2D eigenvalue weighted by Crippen LogP contribution is -2.33. The highest BCUT2D eigenvalue weighted by Gasteiger charge is 2.16. The Morgan fingerprint density at radius 2 is 2.00 bits per heavy atom. The molecule has 0 unspecified atom stereocenters. The fraction of sp³-hybridized carbons (Fsp3) is 0.714. The van der Waals surface area contributed by atoms with Crippen LogP contribution in [0.25, 0.3) is 0 Å². The van der Waals surface area contributed by atoms with Crippen LogP contribution in [-0.2, 0) is 10.0 Å². The fourth-order valence-electron chi connectivity index (χ4n) is 1.05. The lowest BCUT2D eigenvalue weighted by Gasteiger charge is -2.10. The van der Waals surface area contributed by atoms with Gasteiger partial charge in [0.25, 0.3) is 0 Å². The molecule has 1 rings (SSSR count). The maximum Gasteiger partial charge on any atom is 0.211 e. The average Bonchev–Trinajstić information content (AvgIpc) is 2.39. The van der Waals surface area contributed by atoms with E-state index in [-0.39, 0.29) is 11.8 Å². The molecule has 0 atom stereocenters. The van der Waals surface area contributed by atoms with Crippen molar-refractivity contribution in [2.24, 2.45) is 0 Å². The molecular formula is C7H13NO2S. The summed E-state index contributed by atoms with van der Waals surface area (Å²) in [6.45, 7) is 1.64. The second-order valence-electron chi connectivity index (χ2n) is 2.66. The van der Waals surface area contributed by atoms with Crippen LogP contribution in [0.4, 0.5) is 0 Å². The maximum atomic E-state index is 11.0. The molecule has 11 heavy (non-hydrogen) atoms. The number of sulfonamides is 1. The van der Waals surface area contributed by atoms with Crippen molar-refractivity contribution in [2.75, 3.05) is 5.75 Å². The van der Waals surface area contributed by atoms with Crippen LogP contribution in [0.15, 0.2) is 12.2 Å². The molecule has 3 nitrogen and oxygen atoms in total. The van der Waals surface area contributed by atoms with Crippen LogP contribution in [0.2, 0.25) is 0 Å². The predicted molar refractivity (Wildman–Crippen MR) is 44.8 cm³/mol. The Morgan fingerprint density at radius 1 is 1.45 bits per heavy atom. The molecule has 0 aromatic heterocycles. The van der Waals surface area contributed by atoms with Crippen molar-refractivity contribution in [3.63, 3.8) is 0 Å². The topological polar surface area (TPSA) is 46.2 Å². The molecule has 0 aromatic carbocycles. The van der Waals surface area contributed by atoms with E-state index in [0.29, 0.717) is 0 Å². The number of hydrogen-bond acceptors (Lipinski definition) is 2. The maximum absolute atomic E-state index is 11.0. The Labute approximate surface area is 67.5 Å². The number of rotatable bonds is 3. The molecule has 0 aliphatic heterocycles. The molecular weight excluding hydrogens is 162 g/mol. The summed E-state index contributed by atoms with van der Waals surface area (Å²) in [4.78, 5) is 0. The summed E-state index contributed by atoms with van der Waals surface area (Å²) in [5.41, 5.74) is 0. The Balaban J connectivity index is 2.43. The second-order valence-corrected chi connectivity index (χ2v) is 4.70. The number of hydrogen-bond donors (Lipinski definition) is 1. The van der Waals surface area contributed by atoms with Crippen LogP contribution in [0.1, 0.15) is 19.8 Å². The van der Waals surface area contributed by atoms with Crippen LogP contribution in [0, 0.1) is 0 Å². The standard InChI is InChI=1S/C7H13NO2S/c1-2-11(9,10)8-7-5-3-4-6-7/h3-4,7-8H,2,5-6H2,1H3. The third-order valence-corrected chi connectivity index (χ3v) is 3.19.